The number of nitrogens with zero attached hydrogens (tertiary/aromatic N) is 4. The van der Waals surface area contributed by atoms with Crippen molar-refractivity contribution in [3.63, 3.8) is 0 Å². The van der Waals surface area contributed by atoms with E-state index in [9.17, 15) is 0 Å². The van der Waals surface area contributed by atoms with Crippen molar-refractivity contribution < 1.29 is 0 Å². The molecule has 0 saturated carbocycles. The number of rotatable bonds is 9. The van der Waals surface area contributed by atoms with Crippen molar-refractivity contribution in [3.8, 4) is 11.1 Å². The van der Waals surface area contributed by atoms with E-state index in [0.29, 0.717) is 0 Å². The average molecular weight is 547 g/mol. The third-order valence-electron chi connectivity index (χ3n) is 7.56. The van der Waals surface area contributed by atoms with Crippen LogP contribution in [-0.4, -0.2) is 0 Å². The molecule has 6 aromatic carbocycles. The van der Waals surface area contributed by atoms with E-state index in [1.165, 1.54) is 11.1 Å². The standard InChI is InChI=1S/C38H34N4/c1-3-9-27-15-21-31(22-16-27)39-41-35-25-19-29-11-5-7-13-33(29)37(35)38-34-14-8-6-12-30(34)20-26-36(38)42-40-32-23-17-28(10-4-2)18-24-32/h5-8,11-26H,3-4,9-10H2,1-2H3. The van der Waals surface area contributed by atoms with Gasteiger partial charge >= 0.3 is 0 Å². The van der Waals surface area contributed by atoms with Crippen molar-refractivity contribution >= 4 is 44.3 Å². The number of hydrogen-bond donors (Lipinski definition) is 0. The molecular formula is C38H34N4. The average Bonchev–Trinajstić information content (AvgIpc) is 3.04. The van der Waals surface area contributed by atoms with Crippen LogP contribution in [0.4, 0.5) is 22.7 Å². The summed E-state index contributed by atoms with van der Waals surface area (Å²) < 4.78 is 0. The van der Waals surface area contributed by atoms with Crippen LogP contribution in [-0.2, 0) is 12.8 Å². The molecule has 0 saturated heterocycles. The van der Waals surface area contributed by atoms with Gasteiger partial charge < -0.3 is 0 Å². The summed E-state index contributed by atoms with van der Waals surface area (Å²) in [5.41, 5.74) is 7.89. The van der Waals surface area contributed by atoms with Crippen LogP contribution in [0.25, 0.3) is 32.7 Å². The van der Waals surface area contributed by atoms with Gasteiger partial charge in [0.25, 0.3) is 0 Å². The van der Waals surface area contributed by atoms with Gasteiger partial charge in [0.1, 0.15) is 0 Å². The first-order valence-electron chi connectivity index (χ1n) is 14.8. The van der Waals surface area contributed by atoms with Crippen LogP contribution in [0.1, 0.15) is 37.8 Å². The summed E-state index contributed by atoms with van der Waals surface area (Å²) >= 11 is 0. The van der Waals surface area contributed by atoms with E-state index in [4.69, 9.17) is 10.2 Å². The zero-order valence-electron chi connectivity index (χ0n) is 24.2. The molecule has 0 aliphatic heterocycles. The number of hydrogen-bond acceptors (Lipinski definition) is 4. The number of fused-ring (bicyclic) bond motifs is 2. The Balaban J connectivity index is 1.51. The molecular weight excluding hydrogens is 512 g/mol. The fourth-order valence-electron chi connectivity index (χ4n) is 5.47. The Kier molecular flexibility index (Phi) is 8.23. The Morgan fingerprint density at radius 3 is 1.21 bits per heavy atom. The topological polar surface area (TPSA) is 49.4 Å². The van der Waals surface area contributed by atoms with Crippen molar-refractivity contribution in [2.45, 2.75) is 39.5 Å². The van der Waals surface area contributed by atoms with Crippen molar-refractivity contribution in [1.82, 2.24) is 0 Å². The summed E-state index contributed by atoms with van der Waals surface area (Å²) in [5, 5.41) is 23.5. The van der Waals surface area contributed by atoms with Gasteiger partial charge in [0, 0.05) is 11.1 Å². The fraction of sp³-hybridized carbons (Fsp3) is 0.158. The van der Waals surface area contributed by atoms with E-state index < -0.39 is 0 Å². The van der Waals surface area contributed by atoms with Crippen LogP contribution < -0.4 is 0 Å². The van der Waals surface area contributed by atoms with Crippen LogP contribution in [0, 0.1) is 0 Å². The highest BCUT2D eigenvalue weighted by molar-refractivity contribution is 6.12. The van der Waals surface area contributed by atoms with Gasteiger partial charge in [-0.05, 0) is 81.9 Å². The van der Waals surface area contributed by atoms with Gasteiger partial charge in [-0.25, -0.2) is 0 Å². The van der Waals surface area contributed by atoms with Crippen LogP contribution in [0.3, 0.4) is 0 Å². The Hall–Kier alpha value is -4.96. The summed E-state index contributed by atoms with van der Waals surface area (Å²) in [6, 6.07) is 41.9. The molecule has 0 atom stereocenters. The van der Waals surface area contributed by atoms with Crippen molar-refractivity contribution in [1.29, 1.82) is 0 Å². The molecule has 0 aromatic heterocycles. The van der Waals surface area contributed by atoms with Gasteiger partial charge in [-0.1, -0.05) is 112 Å². The molecule has 0 amide bonds. The third-order valence-corrected chi connectivity index (χ3v) is 7.56. The third kappa shape index (κ3) is 5.89. The SMILES string of the molecule is CCCc1ccc(N=Nc2ccc3ccccc3c2-c2c(N=Nc3ccc(CCC)cc3)ccc3ccccc23)cc1. The molecule has 0 aliphatic carbocycles. The molecule has 4 heteroatoms. The van der Waals surface area contributed by atoms with Crippen molar-refractivity contribution in [2.24, 2.45) is 20.5 Å². The molecule has 4 nitrogen and oxygen atoms in total. The second-order valence-electron chi connectivity index (χ2n) is 10.6. The molecule has 0 heterocycles. The Bertz CT molecular complexity index is 1740. The van der Waals surface area contributed by atoms with E-state index >= 15 is 0 Å². The van der Waals surface area contributed by atoms with Crippen LogP contribution in [0.5, 0.6) is 0 Å². The number of benzene rings is 6. The van der Waals surface area contributed by atoms with Crippen LogP contribution >= 0.6 is 0 Å². The normalized spacial score (nSPS) is 11.8. The first kappa shape index (κ1) is 27.2. The summed E-state index contributed by atoms with van der Waals surface area (Å²) in [4.78, 5) is 0. The molecule has 6 aromatic rings. The molecule has 0 bridgehead atoms. The van der Waals surface area contributed by atoms with E-state index in [1.807, 2.05) is 24.3 Å². The molecule has 6 rings (SSSR count). The maximum Gasteiger partial charge on any atom is 0.0942 e. The smallest absolute Gasteiger partial charge is 0.0942 e. The molecule has 0 fully saturated rings. The van der Waals surface area contributed by atoms with Gasteiger partial charge in [-0.2, -0.15) is 10.2 Å². The second kappa shape index (κ2) is 12.7. The maximum atomic E-state index is 4.82. The molecule has 0 unspecified atom stereocenters. The monoisotopic (exact) mass is 546 g/mol. The van der Waals surface area contributed by atoms with E-state index in [1.54, 1.807) is 0 Å². The molecule has 42 heavy (non-hydrogen) atoms. The van der Waals surface area contributed by atoms with E-state index in [-0.39, 0.29) is 0 Å². The number of aryl methyl sites for hydroxylation is 2. The Morgan fingerprint density at radius 1 is 0.405 bits per heavy atom. The van der Waals surface area contributed by atoms with Gasteiger partial charge in [0.05, 0.1) is 22.7 Å². The Labute approximate surface area is 247 Å². The summed E-state index contributed by atoms with van der Waals surface area (Å²) in [6.45, 7) is 4.39. The summed E-state index contributed by atoms with van der Waals surface area (Å²) in [7, 11) is 0. The lowest BCUT2D eigenvalue weighted by Crippen LogP contribution is -1.87. The molecule has 0 radical (unpaired) electrons. The van der Waals surface area contributed by atoms with E-state index in [2.05, 4.69) is 121 Å². The molecule has 0 spiro atoms. The first-order chi connectivity index (χ1) is 20.7. The second-order valence-corrected chi connectivity index (χ2v) is 10.6. The Morgan fingerprint density at radius 2 is 0.810 bits per heavy atom. The lowest BCUT2D eigenvalue weighted by molar-refractivity contribution is 0.921. The van der Waals surface area contributed by atoms with Gasteiger partial charge in [-0.15, -0.1) is 10.2 Å². The highest BCUT2D eigenvalue weighted by atomic mass is 15.1. The quantitative estimate of drug-likeness (QED) is 0.162. The van der Waals surface area contributed by atoms with Crippen molar-refractivity contribution in [3.05, 3.63) is 132 Å². The van der Waals surface area contributed by atoms with E-state index in [0.717, 1.165) is 81.1 Å². The minimum Gasteiger partial charge on any atom is -0.151 e. The zero-order valence-corrected chi connectivity index (χ0v) is 24.2. The molecule has 0 aliphatic rings. The highest BCUT2D eigenvalue weighted by Gasteiger charge is 2.17. The van der Waals surface area contributed by atoms with Crippen LogP contribution in [0.15, 0.2) is 142 Å². The van der Waals surface area contributed by atoms with Crippen molar-refractivity contribution in [2.75, 3.05) is 0 Å². The number of azo groups is 2. The fourth-order valence-corrected chi connectivity index (χ4v) is 5.47. The minimum atomic E-state index is 0.794. The maximum absolute atomic E-state index is 4.82. The van der Waals surface area contributed by atoms with Gasteiger partial charge in [-0.3, -0.25) is 0 Å². The van der Waals surface area contributed by atoms with Gasteiger partial charge in [0.2, 0.25) is 0 Å². The summed E-state index contributed by atoms with van der Waals surface area (Å²) in [6.07, 6.45) is 4.37. The molecule has 0 N–H and O–H groups in total. The lowest BCUT2D eigenvalue weighted by atomic mass is 9.91. The lowest BCUT2D eigenvalue weighted by Gasteiger charge is -2.15. The zero-order chi connectivity index (χ0) is 28.7. The van der Waals surface area contributed by atoms with Gasteiger partial charge in [0.15, 0.2) is 0 Å². The molecule has 206 valence electrons. The summed E-state index contributed by atoms with van der Waals surface area (Å²) in [5.74, 6) is 0. The predicted octanol–water partition coefficient (Wildman–Crippen LogP) is 12.4. The predicted molar refractivity (Wildman–Crippen MR) is 176 cm³/mol. The largest absolute Gasteiger partial charge is 0.151 e. The first-order valence-corrected chi connectivity index (χ1v) is 14.8. The highest BCUT2D eigenvalue weighted by Crippen LogP contribution is 2.46. The minimum absolute atomic E-state index is 0.794. The van der Waals surface area contributed by atoms with Crippen LogP contribution in [0.2, 0.25) is 0 Å².